The zero-order valence-corrected chi connectivity index (χ0v) is 14.8. The van der Waals surface area contributed by atoms with Crippen molar-refractivity contribution in [2.24, 2.45) is 0 Å². The smallest absolute Gasteiger partial charge is 0.416 e. The Hall–Kier alpha value is -1.51. The molecule has 0 aromatic heterocycles. The highest BCUT2D eigenvalue weighted by atomic mass is 35.5. The molecule has 2 rings (SSSR count). The third kappa shape index (κ3) is 7.09. The summed E-state index contributed by atoms with van der Waals surface area (Å²) in [5.74, 6) is 0.257. The number of carbonyl (C=O) groups is 1. The van der Waals surface area contributed by atoms with Crippen molar-refractivity contribution in [3.63, 3.8) is 0 Å². The molecule has 1 atom stereocenters. The molecular formula is C16H23ClF3N3O2. The molecule has 1 aliphatic heterocycles. The lowest BCUT2D eigenvalue weighted by Crippen LogP contribution is -2.52. The van der Waals surface area contributed by atoms with Crippen LogP contribution in [-0.2, 0) is 11.0 Å². The summed E-state index contributed by atoms with van der Waals surface area (Å²) in [6.07, 6.45) is -4.35. The van der Waals surface area contributed by atoms with Gasteiger partial charge in [-0.1, -0.05) is 0 Å². The summed E-state index contributed by atoms with van der Waals surface area (Å²) in [6.45, 7) is 5.47. The third-order valence-electron chi connectivity index (χ3n) is 3.86. The third-order valence-corrected chi connectivity index (χ3v) is 3.86. The van der Waals surface area contributed by atoms with Crippen LogP contribution < -0.4 is 15.4 Å². The van der Waals surface area contributed by atoms with Crippen LogP contribution in [0.15, 0.2) is 24.3 Å². The molecular weight excluding hydrogens is 359 g/mol. The van der Waals surface area contributed by atoms with Crippen LogP contribution in [0.1, 0.15) is 12.5 Å². The van der Waals surface area contributed by atoms with Gasteiger partial charge in [0, 0.05) is 25.7 Å². The number of hydrogen-bond acceptors (Lipinski definition) is 4. The minimum Gasteiger partial charge on any atom is -0.492 e. The van der Waals surface area contributed by atoms with Crippen LogP contribution in [0.4, 0.5) is 13.2 Å². The first-order valence-electron chi connectivity index (χ1n) is 7.88. The minimum atomic E-state index is -4.35. The molecule has 1 aromatic carbocycles. The second kappa shape index (κ2) is 9.84. The van der Waals surface area contributed by atoms with Gasteiger partial charge in [-0.05, 0) is 31.2 Å². The fourth-order valence-electron chi connectivity index (χ4n) is 2.46. The molecule has 5 nitrogen and oxygen atoms in total. The van der Waals surface area contributed by atoms with E-state index >= 15 is 0 Å². The Labute approximate surface area is 151 Å². The summed E-state index contributed by atoms with van der Waals surface area (Å²) in [5, 5.41) is 6.01. The highest BCUT2D eigenvalue weighted by Crippen LogP contribution is 2.30. The van der Waals surface area contributed by atoms with Gasteiger partial charge in [0.25, 0.3) is 0 Å². The van der Waals surface area contributed by atoms with Gasteiger partial charge in [-0.25, -0.2) is 0 Å². The zero-order chi connectivity index (χ0) is 17.6. The molecule has 0 saturated carbocycles. The molecule has 0 aliphatic carbocycles. The van der Waals surface area contributed by atoms with E-state index in [-0.39, 0.29) is 24.9 Å². The Balaban J connectivity index is 0.00000312. The minimum absolute atomic E-state index is 0. The molecule has 1 fully saturated rings. The van der Waals surface area contributed by atoms with E-state index in [1.807, 2.05) is 0 Å². The van der Waals surface area contributed by atoms with Crippen LogP contribution in [0.2, 0.25) is 0 Å². The Bertz CT molecular complexity index is 540. The maximum Gasteiger partial charge on any atom is 0.416 e. The highest BCUT2D eigenvalue weighted by Gasteiger charge is 2.30. The normalized spacial score (nSPS) is 18.3. The van der Waals surface area contributed by atoms with Crippen molar-refractivity contribution in [3.05, 3.63) is 29.8 Å². The number of hydrogen-bond donors (Lipinski definition) is 2. The first kappa shape index (κ1) is 21.5. The van der Waals surface area contributed by atoms with E-state index < -0.39 is 11.7 Å². The van der Waals surface area contributed by atoms with Gasteiger partial charge in [-0.3, -0.25) is 9.69 Å². The fraction of sp³-hybridized carbons (Fsp3) is 0.562. The van der Waals surface area contributed by atoms with Crippen molar-refractivity contribution in [2.75, 3.05) is 39.3 Å². The molecule has 1 heterocycles. The molecule has 1 saturated heterocycles. The molecule has 0 unspecified atom stereocenters. The number of nitrogens with zero attached hydrogens (tertiary/aromatic N) is 1. The van der Waals surface area contributed by atoms with E-state index in [2.05, 4.69) is 22.5 Å². The first-order chi connectivity index (χ1) is 11.4. The van der Waals surface area contributed by atoms with Crippen molar-refractivity contribution in [2.45, 2.75) is 19.1 Å². The summed E-state index contributed by atoms with van der Waals surface area (Å²) in [4.78, 5) is 14.0. The molecule has 2 N–H and O–H groups in total. The van der Waals surface area contributed by atoms with E-state index in [0.29, 0.717) is 24.9 Å². The zero-order valence-electron chi connectivity index (χ0n) is 13.9. The lowest BCUT2D eigenvalue weighted by molar-refractivity contribution is -0.137. The van der Waals surface area contributed by atoms with Gasteiger partial charge in [-0.15, -0.1) is 12.4 Å². The van der Waals surface area contributed by atoms with Gasteiger partial charge in [-0.2, -0.15) is 13.2 Å². The largest absolute Gasteiger partial charge is 0.492 e. The number of ether oxygens (including phenoxy) is 1. The molecule has 142 valence electrons. The fourth-order valence-corrected chi connectivity index (χ4v) is 2.46. The van der Waals surface area contributed by atoms with E-state index in [4.69, 9.17) is 4.74 Å². The SMILES string of the molecule is C[C@@H]1CNCCN1CC(=O)NCCOc1ccc(C(F)(F)F)cc1.Cl. The topological polar surface area (TPSA) is 53.6 Å². The monoisotopic (exact) mass is 381 g/mol. The number of alkyl halides is 3. The molecule has 0 bridgehead atoms. The number of halogens is 4. The Kier molecular flexibility index (Phi) is 8.47. The molecule has 1 aromatic rings. The maximum absolute atomic E-state index is 12.4. The van der Waals surface area contributed by atoms with Crippen LogP contribution in [0.5, 0.6) is 5.75 Å². The van der Waals surface area contributed by atoms with E-state index in [1.54, 1.807) is 0 Å². The van der Waals surface area contributed by atoms with E-state index in [9.17, 15) is 18.0 Å². The van der Waals surface area contributed by atoms with Gasteiger partial charge in [0.15, 0.2) is 0 Å². The maximum atomic E-state index is 12.4. The highest BCUT2D eigenvalue weighted by molar-refractivity contribution is 5.85. The summed E-state index contributed by atoms with van der Waals surface area (Å²) < 4.78 is 42.6. The molecule has 0 spiro atoms. The summed E-state index contributed by atoms with van der Waals surface area (Å²) in [6, 6.07) is 4.80. The van der Waals surface area contributed by atoms with Crippen LogP contribution in [-0.4, -0.2) is 56.2 Å². The average molecular weight is 382 g/mol. The first-order valence-corrected chi connectivity index (χ1v) is 7.88. The molecule has 1 aliphatic rings. The second-order valence-corrected chi connectivity index (χ2v) is 5.74. The Morgan fingerprint density at radius 2 is 2.04 bits per heavy atom. The predicted octanol–water partition coefficient (Wildman–Crippen LogP) is 1.92. The van der Waals surface area contributed by atoms with Crippen LogP contribution in [0.3, 0.4) is 0 Å². The standard InChI is InChI=1S/C16H22F3N3O2.ClH/c1-12-10-20-6-8-22(12)11-15(23)21-7-9-24-14-4-2-13(3-5-14)16(17,18)19;/h2-5,12,20H,6-11H2,1H3,(H,21,23);1H/t12-;/m1./s1. The van der Waals surface area contributed by atoms with E-state index in [0.717, 1.165) is 31.8 Å². The molecule has 1 amide bonds. The lowest BCUT2D eigenvalue weighted by atomic mass is 10.2. The summed E-state index contributed by atoms with van der Waals surface area (Å²) in [7, 11) is 0. The summed E-state index contributed by atoms with van der Waals surface area (Å²) in [5.41, 5.74) is -0.715. The van der Waals surface area contributed by atoms with Gasteiger partial charge < -0.3 is 15.4 Å². The number of nitrogens with one attached hydrogen (secondary N) is 2. The van der Waals surface area contributed by atoms with Crippen LogP contribution >= 0.6 is 12.4 Å². The number of piperazine rings is 1. The number of amides is 1. The van der Waals surface area contributed by atoms with Gasteiger partial charge >= 0.3 is 6.18 Å². The van der Waals surface area contributed by atoms with Crippen molar-refractivity contribution in [1.82, 2.24) is 15.5 Å². The predicted molar refractivity (Wildman–Crippen MR) is 91.1 cm³/mol. The number of carbonyl (C=O) groups excluding carboxylic acids is 1. The summed E-state index contributed by atoms with van der Waals surface area (Å²) >= 11 is 0. The van der Waals surface area contributed by atoms with Gasteiger partial charge in [0.2, 0.25) is 5.91 Å². The second-order valence-electron chi connectivity index (χ2n) is 5.74. The average Bonchev–Trinajstić information content (AvgIpc) is 2.53. The molecule has 25 heavy (non-hydrogen) atoms. The Morgan fingerprint density at radius 1 is 1.36 bits per heavy atom. The number of benzene rings is 1. The van der Waals surface area contributed by atoms with Crippen LogP contribution in [0.25, 0.3) is 0 Å². The molecule has 0 radical (unpaired) electrons. The van der Waals surface area contributed by atoms with Gasteiger partial charge in [0.1, 0.15) is 12.4 Å². The van der Waals surface area contributed by atoms with Crippen molar-refractivity contribution in [3.8, 4) is 5.75 Å². The number of rotatable bonds is 6. The van der Waals surface area contributed by atoms with Crippen molar-refractivity contribution >= 4 is 18.3 Å². The quantitative estimate of drug-likeness (QED) is 0.739. The van der Waals surface area contributed by atoms with Gasteiger partial charge in [0.05, 0.1) is 18.7 Å². The Morgan fingerprint density at radius 3 is 2.64 bits per heavy atom. The lowest BCUT2D eigenvalue weighted by Gasteiger charge is -2.33. The molecule has 9 heteroatoms. The van der Waals surface area contributed by atoms with Crippen molar-refractivity contribution in [1.29, 1.82) is 0 Å². The van der Waals surface area contributed by atoms with Crippen molar-refractivity contribution < 1.29 is 22.7 Å². The van der Waals surface area contributed by atoms with Crippen LogP contribution in [0, 0.1) is 0 Å². The van der Waals surface area contributed by atoms with E-state index in [1.165, 1.54) is 12.1 Å².